The van der Waals surface area contributed by atoms with Crippen molar-refractivity contribution in [2.45, 2.75) is 51.8 Å². The number of carbonyl (C=O) groups excluding carboxylic acids is 1. The fourth-order valence-corrected chi connectivity index (χ4v) is 4.56. The Morgan fingerprint density at radius 3 is 2.12 bits per heavy atom. The van der Waals surface area contributed by atoms with E-state index >= 15 is 0 Å². The van der Waals surface area contributed by atoms with E-state index < -0.39 is 0 Å². The van der Waals surface area contributed by atoms with E-state index in [1.165, 1.54) is 26.2 Å². The first-order valence-corrected chi connectivity index (χ1v) is 10.5. The van der Waals surface area contributed by atoms with Crippen LogP contribution in [-0.2, 0) is 9.53 Å². The van der Waals surface area contributed by atoms with Gasteiger partial charge in [0.1, 0.15) is 0 Å². The minimum atomic E-state index is 0.228. The average Bonchev–Trinajstić information content (AvgIpc) is 2.61. The van der Waals surface area contributed by atoms with Gasteiger partial charge in [0.05, 0.1) is 6.10 Å². The highest BCUT2D eigenvalue weighted by molar-refractivity contribution is 5.79. The molecular formula is C20H38N4O2. The number of amides is 1. The van der Waals surface area contributed by atoms with Crippen LogP contribution in [0.25, 0.3) is 0 Å². The van der Waals surface area contributed by atoms with Crippen molar-refractivity contribution in [3.05, 3.63) is 0 Å². The summed E-state index contributed by atoms with van der Waals surface area (Å²) in [5.41, 5.74) is 0. The molecule has 0 bridgehead atoms. The molecule has 3 saturated heterocycles. The van der Waals surface area contributed by atoms with Crippen molar-refractivity contribution in [1.82, 2.24) is 19.6 Å². The molecule has 0 aromatic carbocycles. The highest BCUT2D eigenvalue weighted by Gasteiger charge is 2.36. The Bertz CT molecular complexity index is 451. The van der Waals surface area contributed by atoms with Crippen LogP contribution in [0.5, 0.6) is 0 Å². The van der Waals surface area contributed by atoms with Crippen LogP contribution in [0.15, 0.2) is 0 Å². The first-order chi connectivity index (χ1) is 12.5. The van der Waals surface area contributed by atoms with Crippen molar-refractivity contribution in [2.75, 3.05) is 66.0 Å². The van der Waals surface area contributed by atoms with Crippen LogP contribution in [0, 0.1) is 5.92 Å². The molecule has 6 heteroatoms. The number of carbonyl (C=O) groups is 1. The van der Waals surface area contributed by atoms with Crippen LogP contribution in [0.4, 0.5) is 0 Å². The van der Waals surface area contributed by atoms with E-state index in [1.807, 2.05) is 4.90 Å². The van der Waals surface area contributed by atoms with Crippen LogP contribution in [-0.4, -0.2) is 110 Å². The minimum Gasteiger partial charge on any atom is -0.378 e. The number of piperidine rings is 1. The topological polar surface area (TPSA) is 39.3 Å². The Morgan fingerprint density at radius 1 is 0.962 bits per heavy atom. The predicted octanol–water partition coefficient (Wildman–Crippen LogP) is 0.970. The molecule has 26 heavy (non-hydrogen) atoms. The standard InChI is InChI=1S/C20H38N4O2/c1-16(2)22-11-9-21(10-12-22)13-17(3)23-7-5-18(6-8-23)20(25)24-14-19(15-24)26-4/h16-19H,5-15H2,1-4H3. The van der Waals surface area contributed by atoms with E-state index in [2.05, 4.69) is 35.5 Å². The SMILES string of the molecule is COC1CN(C(=O)C2CCN(C(C)CN3CCN(C(C)C)CC3)CC2)C1. The first kappa shape index (κ1) is 20.1. The number of nitrogens with zero attached hydrogens (tertiary/aromatic N) is 4. The number of rotatable bonds is 6. The van der Waals surface area contributed by atoms with E-state index in [0.717, 1.165) is 45.6 Å². The summed E-state index contributed by atoms with van der Waals surface area (Å²) in [6, 6.07) is 1.25. The van der Waals surface area contributed by atoms with Crippen LogP contribution in [0.1, 0.15) is 33.6 Å². The van der Waals surface area contributed by atoms with E-state index in [0.29, 0.717) is 18.0 Å². The maximum Gasteiger partial charge on any atom is 0.225 e. The lowest BCUT2D eigenvalue weighted by atomic mass is 9.93. The Morgan fingerprint density at radius 2 is 1.58 bits per heavy atom. The molecule has 1 amide bonds. The molecule has 3 aliphatic rings. The second-order valence-corrected chi connectivity index (χ2v) is 8.69. The molecule has 0 aromatic rings. The zero-order chi connectivity index (χ0) is 18.7. The van der Waals surface area contributed by atoms with Crippen molar-refractivity contribution in [1.29, 1.82) is 0 Å². The van der Waals surface area contributed by atoms with Gasteiger partial charge in [-0.15, -0.1) is 0 Å². The van der Waals surface area contributed by atoms with E-state index in [9.17, 15) is 4.79 Å². The molecule has 3 fully saturated rings. The van der Waals surface area contributed by atoms with Crippen LogP contribution < -0.4 is 0 Å². The van der Waals surface area contributed by atoms with Gasteiger partial charge < -0.3 is 9.64 Å². The van der Waals surface area contributed by atoms with Crippen LogP contribution in [0.3, 0.4) is 0 Å². The normalized spacial score (nSPS) is 26.3. The Labute approximate surface area is 159 Å². The molecule has 0 aromatic heterocycles. The van der Waals surface area contributed by atoms with Gasteiger partial charge in [-0.2, -0.15) is 0 Å². The smallest absolute Gasteiger partial charge is 0.225 e. The molecule has 3 aliphatic heterocycles. The molecule has 0 aliphatic carbocycles. The summed E-state index contributed by atoms with van der Waals surface area (Å²) in [5, 5.41) is 0. The highest BCUT2D eigenvalue weighted by atomic mass is 16.5. The van der Waals surface area contributed by atoms with Crippen molar-refractivity contribution < 1.29 is 9.53 Å². The van der Waals surface area contributed by atoms with Gasteiger partial charge in [-0.05, 0) is 46.7 Å². The third-order valence-electron chi connectivity index (χ3n) is 6.65. The molecule has 3 heterocycles. The largest absolute Gasteiger partial charge is 0.378 e. The van der Waals surface area contributed by atoms with Gasteiger partial charge in [0.2, 0.25) is 5.91 Å². The zero-order valence-corrected chi connectivity index (χ0v) is 17.2. The molecule has 3 rings (SSSR count). The van der Waals surface area contributed by atoms with Gasteiger partial charge in [0.25, 0.3) is 0 Å². The van der Waals surface area contributed by atoms with Gasteiger partial charge in [0, 0.05) is 70.9 Å². The van der Waals surface area contributed by atoms with Crippen molar-refractivity contribution in [2.24, 2.45) is 5.92 Å². The van der Waals surface area contributed by atoms with Gasteiger partial charge in [-0.1, -0.05) is 0 Å². The molecule has 0 spiro atoms. The summed E-state index contributed by atoms with van der Waals surface area (Å²) < 4.78 is 5.28. The van der Waals surface area contributed by atoms with E-state index in [1.54, 1.807) is 7.11 Å². The maximum atomic E-state index is 12.6. The molecular weight excluding hydrogens is 328 g/mol. The summed E-state index contributed by atoms with van der Waals surface area (Å²) in [4.78, 5) is 22.3. The fraction of sp³-hybridized carbons (Fsp3) is 0.950. The Hall–Kier alpha value is -0.690. The summed E-state index contributed by atoms with van der Waals surface area (Å²) >= 11 is 0. The van der Waals surface area contributed by atoms with E-state index in [-0.39, 0.29) is 12.0 Å². The third-order valence-corrected chi connectivity index (χ3v) is 6.65. The minimum absolute atomic E-state index is 0.228. The summed E-state index contributed by atoms with van der Waals surface area (Å²) in [6.45, 7) is 16.6. The molecule has 150 valence electrons. The van der Waals surface area contributed by atoms with Gasteiger partial charge in [-0.3, -0.25) is 19.5 Å². The molecule has 0 saturated carbocycles. The Kier molecular flexibility index (Phi) is 6.94. The predicted molar refractivity (Wildman–Crippen MR) is 104 cm³/mol. The lowest BCUT2D eigenvalue weighted by Crippen LogP contribution is -2.57. The first-order valence-electron chi connectivity index (χ1n) is 10.5. The molecule has 6 nitrogen and oxygen atoms in total. The van der Waals surface area contributed by atoms with Crippen LogP contribution >= 0.6 is 0 Å². The van der Waals surface area contributed by atoms with Crippen LogP contribution in [0.2, 0.25) is 0 Å². The lowest BCUT2D eigenvalue weighted by molar-refractivity contribution is -0.149. The molecule has 1 atom stereocenters. The van der Waals surface area contributed by atoms with Crippen molar-refractivity contribution >= 4 is 5.91 Å². The van der Waals surface area contributed by atoms with E-state index in [4.69, 9.17) is 4.74 Å². The monoisotopic (exact) mass is 366 g/mol. The Balaban J connectivity index is 1.36. The zero-order valence-electron chi connectivity index (χ0n) is 17.2. The fourth-order valence-electron chi connectivity index (χ4n) is 4.56. The lowest BCUT2D eigenvalue weighted by Gasteiger charge is -2.43. The quantitative estimate of drug-likeness (QED) is 0.700. The number of hydrogen-bond donors (Lipinski definition) is 0. The molecule has 0 N–H and O–H groups in total. The number of hydrogen-bond acceptors (Lipinski definition) is 5. The van der Waals surface area contributed by atoms with Crippen molar-refractivity contribution in [3.8, 4) is 0 Å². The third kappa shape index (κ3) is 4.77. The highest BCUT2D eigenvalue weighted by Crippen LogP contribution is 2.24. The number of likely N-dealkylation sites (tertiary alicyclic amines) is 2. The summed E-state index contributed by atoms with van der Waals surface area (Å²) in [5.74, 6) is 0.584. The maximum absolute atomic E-state index is 12.6. The molecule has 0 radical (unpaired) electrons. The number of piperazine rings is 1. The second kappa shape index (κ2) is 9.00. The van der Waals surface area contributed by atoms with Gasteiger partial charge in [0.15, 0.2) is 0 Å². The average molecular weight is 367 g/mol. The second-order valence-electron chi connectivity index (χ2n) is 8.69. The summed E-state index contributed by atoms with van der Waals surface area (Å²) in [7, 11) is 1.73. The summed E-state index contributed by atoms with van der Waals surface area (Å²) in [6.07, 6.45) is 2.28. The van der Waals surface area contributed by atoms with Crippen molar-refractivity contribution in [3.63, 3.8) is 0 Å². The van der Waals surface area contributed by atoms with Gasteiger partial charge in [-0.25, -0.2) is 0 Å². The number of ether oxygens (including phenoxy) is 1. The molecule has 1 unspecified atom stereocenters. The number of methoxy groups -OCH3 is 1. The van der Waals surface area contributed by atoms with Gasteiger partial charge >= 0.3 is 0 Å².